The van der Waals surface area contributed by atoms with E-state index in [-0.39, 0.29) is 12.2 Å². The molecule has 2 aliphatic rings. The summed E-state index contributed by atoms with van der Waals surface area (Å²) in [7, 11) is 0. The summed E-state index contributed by atoms with van der Waals surface area (Å²) in [6.07, 6.45) is 2.32. The molecular formula is C9H16O4. The molecule has 4 heteroatoms. The van der Waals surface area contributed by atoms with Gasteiger partial charge in [0, 0.05) is 6.61 Å². The molecule has 4 nitrogen and oxygen atoms in total. The van der Waals surface area contributed by atoms with Crippen molar-refractivity contribution in [2.45, 2.75) is 25.0 Å². The molecule has 2 atom stereocenters. The Kier molecular flexibility index (Phi) is 3.55. The molecule has 2 heterocycles. The molecule has 0 radical (unpaired) electrons. The summed E-state index contributed by atoms with van der Waals surface area (Å²) in [5.74, 6) is 0. The van der Waals surface area contributed by atoms with Crippen LogP contribution in [0, 0.1) is 0 Å². The highest BCUT2D eigenvalue weighted by atomic mass is 16.7. The number of hydrogen-bond acceptors (Lipinski definition) is 4. The van der Waals surface area contributed by atoms with Gasteiger partial charge in [0.05, 0.1) is 25.9 Å². The minimum Gasteiger partial charge on any atom is -0.376 e. The third-order valence-electron chi connectivity index (χ3n) is 2.40. The fourth-order valence-corrected chi connectivity index (χ4v) is 1.68. The van der Waals surface area contributed by atoms with Crippen molar-refractivity contribution in [3.05, 3.63) is 0 Å². The first-order valence-corrected chi connectivity index (χ1v) is 4.85. The number of ether oxygens (including phenoxy) is 4. The molecule has 2 fully saturated rings. The Balaban J connectivity index is 1.82. The maximum absolute atomic E-state index is 5.57. The molecule has 2 unspecified atom stereocenters. The minimum absolute atomic E-state index is 0.107. The number of hydrogen-bond donors (Lipinski definition) is 0. The van der Waals surface area contributed by atoms with Crippen LogP contribution in [-0.4, -0.2) is 45.4 Å². The topological polar surface area (TPSA) is 36.9 Å². The van der Waals surface area contributed by atoms with Crippen LogP contribution < -0.4 is 0 Å². The monoisotopic (exact) mass is 188 g/mol. The lowest BCUT2D eigenvalue weighted by Gasteiger charge is -2.29. The van der Waals surface area contributed by atoms with E-state index in [0.29, 0.717) is 26.6 Å². The van der Waals surface area contributed by atoms with E-state index >= 15 is 0 Å². The summed E-state index contributed by atoms with van der Waals surface area (Å²) in [5.41, 5.74) is 0. The van der Waals surface area contributed by atoms with Gasteiger partial charge >= 0.3 is 0 Å². The van der Waals surface area contributed by atoms with E-state index in [1.165, 1.54) is 0 Å². The van der Waals surface area contributed by atoms with Crippen LogP contribution in [0.5, 0.6) is 0 Å². The van der Waals surface area contributed by atoms with Crippen molar-refractivity contribution in [2.75, 3.05) is 33.2 Å². The lowest BCUT2D eigenvalue weighted by molar-refractivity contribution is -0.167. The Hall–Kier alpha value is -0.160. The van der Waals surface area contributed by atoms with E-state index in [0.717, 1.165) is 19.4 Å². The highest BCUT2D eigenvalue weighted by Gasteiger charge is 2.26. The summed E-state index contributed by atoms with van der Waals surface area (Å²) in [6.45, 7) is 3.24. The fourth-order valence-electron chi connectivity index (χ4n) is 1.68. The second-order valence-corrected chi connectivity index (χ2v) is 3.36. The number of rotatable bonds is 1. The average Bonchev–Trinajstić information content (AvgIpc) is 2.47. The van der Waals surface area contributed by atoms with E-state index in [2.05, 4.69) is 0 Å². The molecule has 2 aliphatic heterocycles. The molecule has 0 aliphatic carbocycles. The first-order valence-electron chi connectivity index (χ1n) is 4.85. The van der Waals surface area contributed by atoms with Gasteiger partial charge in [-0.05, 0) is 12.8 Å². The Morgan fingerprint density at radius 2 is 1.85 bits per heavy atom. The smallest absolute Gasteiger partial charge is 0.147 e. The van der Waals surface area contributed by atoms with Crippen LogP contribution in [0.15, 0.2) is 0 Å². The van der Waals surface area contributed by atoms with Crippen molar-refractivity contribution in [3.8, 4) is 0 Å². The molecule has 0 N–H and O–H groups in total. The van der Waals surface area contributed by atoms with Crippen molar-refractivity contribution in [1.82, 2.24) is 0 Å². The van der Waals surface area contributed by atoms with E-state index in [9.17, 15) is 0 Å². The van der Waals surface area contributed by atoms with Gasteiger partial charge < -0.3 is 18.9 Å². The zero-order valence-corrected chi connectivity index (χ0v) is 7.74. The van der Waals surface area contributed by atoms with Gasteiger partial charge in [-0.3, -0.25) is 0 Å². The van der Waals surface area contributed by atoms with Gasteiger partial charge in [-0.25, -0.2) is 0 Å². The first kappa shape index (κ1) is 9.40. The summed E-state index contributed by atoms with van der Waals surface area (Å²) in [4.78, 5) is 0. The SMILES string of the molecule is C1COCOC(C2COCCO2)C1. The molecule has 2 rings (SSSR count). The molecule has 0 amide bonds. The van der Waals surface area contributed by atoms with E-state index in [1.807, 2.05) is 0 Å². The highest BCUT2D eigenvalue weighted by Crippen LogP contribution is 2.16. The molecule has 13 heavy (non-hydrogen) atoms. The molecule has 0 saturated carbocycles. The maximum atomic E-state index is 5.57. The minimum atomic E-state index is 0.107. The fraction of sp³-hybridized carbons (Fsp3) is 1.00. The Morgan fingerprint density at radius 1 is 0.846 bits per heavy atom. The first-order chi connectivity index (χ1) is 6.47. The van der Waals surface area contributed by atoms with Crippen LogP contribution in [0.25, 0.3) is 0 Å². The van der Waals surface area contributed by atoms with Crippen LogP contribution >= 0.6 is 0 Å². The molecule has 0 spiro atoms. The van der Waals surface area contributed by atoms with Crippen molar-refractivity contribution in [2.24, 2.45) is 0 Å². The third kappa shape index (κ3) is 2.64. The Morgan fingerprint density at radius 3 is 2.69 bits per heavy atom. The van der Waals surface area contributed by atoms with E-state index in [4.69, 9.17) is 18.9 Å². The zero-order valence-electron chi connectivity index (χ0n) is 7.74. The second kappa shape index (κ2) is 4.91. The summed E-state index contributed by atoms with van der Waals surface area (Å²) < 4.78 is 21.6. The maximum Gasteiger partial charge on any atom is 0.147 e. The zero-order chi connectivity index (χ0) is 8.93. The van der Waals surface area contributed by atoms with E-state index in [1.54, 1.807) is 0 Å². The van der Waals surface area contributed by atoms with Crippen molar-refractivity contribution < 1.29 is 18.9 Å². The predicted octanol–water partition coefficient (Wildman–Crippen LogP) is 0.555. The normalized spacial score (nSPS) is 36.9. The van der Waals surface area contributed by atoms with Crippen LogP contribution in [0.2, 0.25) is 0 Å². The van der Waals surface area contributed by atoms with E-state index < -0.39 is 0 Å². The molecule has 0 aromatic carbocycles. The van der Waals surface area contributed by atoms with Crippen molar-refractivity contribution in [3.63, 3.8) is 0 Å². The predicted molar refractivity (Wildman–Crippen MR) is 45.5 cm³/mol. The van der Waals surface area contributed by atoms with Crippen LogP contribution in [0.3, 0.4) is 0 Å². The Bertz CT molecular complexity index is 137. The van der Waals surface area contributed by atoms with Gasteiger partial charge in [0.25, 0.3) is 0 Å². The van der Waals surface area contributed by atoms with Crippen LogP contribution in [0.1, 0.15) is 12.8 Å². The average molecular weight is 188 g/mol. The van der Waals surface area contributed by atoms with Crippen molar-refractivity contribution in [1.29, 1.82) is 0 Å². The third-order valence-corrected chi connectivity index (χ3v) is 2.40. The second-order valence-electron chi connectivity index (χ2n) is 3.36. The molecular weight excluding hydrogens is 172 g/mol. The van der Waals surface area contributed by atoms with Crippen molar-refractivity contribution >= 4 is 0 Å². The summed E-state index contributed by atoms with van der Waals surface area (Å²) in [6, 6.07) is 0. The highest BCUT2D eigenvalue weighted by molar-refractivity contribution is 4.73. The van der Waals surface area contributed by atoms with Gasteiger partial charge in [0.2, 0.25) is 0 Å². The lowest BCUT2D eigenvalue weighted by Crippen LogP contribution is -2.39. The molecule has 0 bridgehead atoms. The lowest BCUT2D eigenvalue weighted by atomic mass is 10.1. The largest absolute Gasteiger partial charge is 0.376 e. The molecule has 0 aromatic heterocycles. The molecule has 2 saturated heterocycles. The molecule has 76 valence electrons. The van der Waals surface area contributed by atoms with Gasteiger partial charge in [-0.1, -0.05) is 0 Å². The molecule has 0 aromatic rings. The quantitative estimate of drug-likeness (QED) is 0.602. The Labute approximate surface area is 78.1 Å². The van der Waals surface area contributed by atoms with Crippen LogP contribution in [-0.2, 0) is 18.9 Å². The van der Waals surface area contributed by atoms with Gasteiger partial charge in [-0.15, -0.1) is 0 Å². The van der Waals surface area contributed by atoms with Gasteiger partial charge in [0.1, 0.15) is 12.9 Å². The van der Waals surface area contributed by atoms with Gasteiger partial charge in [-0.2, -0.15) is 0 Å². The van der Waals surface area contributed by atoms with Crippen LogP contribution in [0.4, 0.5) is 0 Å². The van der Waals surface area contributed by atoms with Gasteiger partial charge in [0.15, 0.2) is 0 Å². The standard InChI is InChI=1S/C9H16O4/c1-2-8(13-7-11-3-1)9-6-10-4-5-12-9/h8-9H,1-7H2. The summed E-state index contributed by atoms with van der Waals surface area (Å²) in [5, 5.41) is 0. The summed E-state index contributed by atoms with van der Waals surface area (Å²) >= 11 is 0.